The minimum Gasteiger partial charge on any atom is -0.354 e. The second-order valence-corrected chi connectivity index (χ2v) is 9.29. The third-order valence-electron chi connectivity index (χ3n) is 5.50. The smallest absolute Gasteiger partial charge is 0.354 e. The zero-order valence-corrected chi connectivity index (χ0v) is 23.0. The average Bonchev–Trinajstić information content (AvgIpc) is 2.93. The number of nitrogens with zero attached hydrogens (tertiary/aromatic N) is 6. The maximum Gasteiger partial charge on any atom is 0.416 e. The first kappa shape index (κ1) is 28.9. The normalized spacial score (nSPS) is 11.6. The number of nitrogens with one attached hydrogen (secondary N) is 2. The van der Waals surface area contributed by atoms with E-state index in [0.29, 0.717) is 28.7 Å². The van der Waals surface area contributed by atoms with Crippen molar-refractivity contribution in [1.82, 2.24) is 19.9 Å². The summed E-state index contributed by atoms with van der Waals surface area (Å²) in [6.45, 7) is 7.42. The first-order valence-electron chi connectivity index (χ1n) is 12.7. The van der Waals surface area contributed by atoms with E-state index < -0.39 is 11.7 Å². The maximum atomic E-state index is 13.7. The highest BCUT2D eigenvalue weighted by Crippen LogP contribution is 2.35. The predicted molar refractivity (Wildman–Crippen MR) is 157 cm³/mol. The van der Waals surface area contributed by atoms with Crippen molar-refractivity contribution < 1.29 is 13.2 Å². The van der Waals surface area contributed by atoms with E-state index in [0.717, 1.165) is 29.0 Å². The summed E-state index contributed by atoms with van der Waals surface area (Å²) in [5.41, 5.74) is 7.00. The molecule has 11 heteroatoms. The monoisotopic (exact) mass is 558 g/mol. The van der Waals surface area contributed by atoms with Crippen LogP contribution in [0.5, 0.6) is 0 Å². The molecule has 4 rings (SSSR count). The second-order valence-electron chi connectivity index (χ2n) is 9.29. The minimum atomic E-state index is -4.51. The van der Waals surface area contributed by atoms with Crippen LogP contribution in [0.4, 0.5) is 36.2 Å². The van der Waals surface area contributed by atoms with E-state index in [2.05, 4.69) is 35.8 Å². The Kier molecular flexibility index (Phi) is 9.08. The summed E-state index contributed by atoms with van der Waals surface area (Å²) in [5, 5.41) is 7.20. The van der Waals surface area contributed by atoms with Crippen molar-refractivity contribution in [3.8, 4) is 11.3 Å². The zero-order chi connectivity index (χ0) is 29.4. The van der Waals surface area contributed by atoms with Gasteiger partial charge in [-0.05, 0) is 76.2 Å². The predicted octanol–water partition coefficient (Wildman–Crippen LogP) is 7.71. The molecule has 1 aromatic carbocycles. The van der Waals surface area contributed by atoms with Crippen LogP contribution in [0.3, 0.4) is 0 Å². The van der Waals surface area contributed by atoms with Crippen LogP contribution in [0.15, 0.2) is 96.3 Å². The number of anilines is 4. The standard InChI is InChI=1S/C30H29F3N8/c1-5-11-41(19-20(2)3)27-14-23(30(31,32)33)13-26(15-27)38-25-9-8-24(35-17-25)18-36-40-29-37-21(4)12-28(39-29)22-7-6-10-34-16-22/h5-19,38H,1-4H3,(H,37,39,40)/b11-5+,36-18+. The molecule has 0 amide bonds. The van der Waals surface area contributed by atoms with Gasteiger partial charge in [0, 0.05) is 47.4 Å². The summed E-state index contributed by atoms with van der Waals surface area (Å²) < 4.78 is 41.1. The number of benzene rings is 1. The van der Waals surface area contributed by atoms with E-state index in [1.54, 1.807) is 60.9 Å². The Bertz CT molecular complexity index is 1560. The minimum absolute atomic E-state index is 0.275. The van der Waals surface area contributed by atoms with Gasteiger partial charge in [-0.25, -0.2) is 15.4 Å². The number of hydrazone groups is 1. The Morgan fingerprint density at radius 3 is 2.49 bits per heavy atom. The van der Waals surface area contributed by atoms with Gasteiger partial charge in [0.2, 0.25) is 5.95 Å². The number of aryl methyl sites for hydroxylation is 1. The fraction of sp³-hybridized carbons (Fsp3) is 0.167. The molecule has 0 bridgehead atoms. The van der Waals surface area contributed by atoms with Crippen LogP contribution in [0.25, 0.3) is 11.3 Å². The number of rotatable bonds is 9. The number of hydrogen-bond acceptors (Lipinski definition) is 8. The van der Waals surface area contributed by atoms with Gasteiger partial charge in [-0.1, -0.05) is 11.6 Å². The summed E-state index contributed by atoms with van der Waals surface area (Å²) in [7, 11) is 0. The molecular formula is C30H29F3N8. The van der Waals surface area contributed by atoms with Crippen LogP contribution in [-0.2, 0) is 6.18 Å². The van der Waals surface area contributed by atoms with Crippen LogP contribution >= 0.6 is 0 Å². The Labute approximate surface area is 236 Å². The Hall–Kier alpha value is -5.06. The van der Waals surface area contributed by atoms with Crippen molar-refractivity contribution in [3.63, 3.8) is 0 Å². The molecule has 4 aromatic rings. The molecule has 0 unspecified atom stereocenters. The summed E-state index contributed by atoms with van der Waals surface area (Å²) in [5.74, 6) is 0.318. The van der Waals surface area contributed by atoms with Crippen molar-refractivity contribution in [3.05, 3.63) is 108 Å². The van der Waals surface area contributed by atoms with E-state index in [-0.39, 0.29) is 5.69 Å². The van der Waals surface area contributed by atoms with Gasteiger partial charge in [0.15, 0.2) is 0 Å². The molecule has 0 radical (unpaired) electrons. The Morgan fingerprint density at radius 2 is 1.83 bits per heavy atom. The highest BCUT2D eigenvalue weighted by Gasteiger charge is 2.31. The SMILES string of the molecule is C/C=C/N(C=C(C)C)c1cc(Nc2ccc(/C=N/Nc3nc(C)cc(-c4cccnc4)n3)nc2)cc(C(F)(F)F)c1. The van der Waals surface area contributed by atoms with Gasteiger partial charge in [0.1, 0.15) is 0 Å². The van der Waals surface area contributed by atoms with Gasteiger partial charge < -0.3 is 10.2 Å². The van der Waals surface area contributed by atoms with Crippen molar-refractivity contribution in [2.24, 2.45) is 5.10 Å². The molecule has 0 aliphatic carbocycles. The van der Waals surface area contributed by atoms with Gasteiger partial charge in [-0.3, -0.25) is 9.97 Å². The van der Waals surface area contributed by atoms with E-state index in [1.165, 1.54) is 12.4 Å². The molecule has 0 aliphatic heterocycles. The van der Waals surface area contributed by atoms with Crippen molar-refractivity contribution in [1.29, 1.82) is 0 Å². The van der Waals surface area contributed by atoms with Crippen LogP contribution < -0.4 is 15.6 Å². The Morgan fingerprint density at radius 1 is 1.00 bits per heavy atom. The molecule has 8 nitrogen and oxygen atoms in total. The van der Waals surface area contributed by atoms with Crippen LogP contribution in [0.2, 0.25) is 0 Å². The number of halogens is 3. The van der Waals surface area contributed by atoms with Crippen LogP contribution in [0, 0.1) is 6.92 Å². The number of pyridine rings is 2. The molecule has 0 saturated carbocycles. The third kappa shape index (κ3) is 8.21. The highest BCUT2D eigenvalue weighted by molar-refractivity contribution is 5.78. The first-order chi connectivity index (χ1) is 19.6. The van der Waals surface area contributed by atoms with Crippen LogP contribution in [0.1, 0.15) is 37.7 Å². The molecule has 0 spiro atoms. The quantitative estimate of drug-likeness (QED) is 0.161. The van der Waals surface area contributed by atoms with Crippen molar-refractivity contribution >= 4 is 29.2 Å². The topological polar surface area (TPSA) is 91.2 Å². The van der Waals surface area contributed by atoms with Gasteiger partial charge in [-0.2, -0.15) is 18.3 Å². The van der Waals surface area contributed by atoms with Gasteiger partial charge >= 0.3 is 6.18 Å². The molecule has 41 heavy (non-hydrogen) atoms. The molecule has 0 fully saturated rings. The first-order valence-corrected chi connectivity index (χ1v) is 12.7. The highest BCUT2D eigenvalue weighted by atomic mass is 19.4. The zero-order valence-electron chi connectivity index (χ0n) is 23.0. The lowest BCUT2D eigenvalue weighted by Crippen LogP contribution is -2.12. The number of hydrogen-bond donors (Lipinski definition) is 2. The summed E-state index contributed by atoms with van der Waals surface area (Å²) in [6, 6.07) is 12.8. The summed E-state index contributed by atoms with van der Waals surface area (Å²) in [6.07, 6.45) is 7.15. The Balaban J connectivity index is 1.50. The lowest BCUT2D eigenvalue weighted by molar-refractivity contribution is -0.137. The molecule has 2 N–H and O–H groups in total. The molecule has 0 aliphatic rings. The van der Waals surface area contributed by atoms with E-state index in [9.17, 15) is 13.2 Å². The molecular weight excluding hydrogens is 529 g/mol. The van der Waals surface area contributed by atoms with E-state index in [4.69, 9.17) is 0 Å². The van der Waals surface area contributed by atoms with E-state index >= 15 is 0 Å². The number of aromatic nitrogens is 4. The van der Waals surface area contributed by atoms with Crippen LogP contribution in [-0.4, -0.2) is 26.2 Å². The average molecular weight is 559 g/mol. The summed E-state index contributed by atoms with van der Waals surface area (Å²) in [4.78, 5) is 18.9. The molecule has 3 aromatic heterocycles. The maximum absolute atomic E-state index is 13.7. The number of allylic oxidation sites excluding steroid dienone is 2. The molecule has 3 heterocycles. The number of alkyl halides is 3. The fourth-order valence-electron chi connectivity index (χ4n) is 3.80. The van der Waals surface area contributed by atoms with E-state index in [1.807, 2.05) is 39.0 Å². The van der Waals surface area contributed by atoms with Gasteiger partial charge in [-0.15, -0.1) is 0 Å². The summed E-state index contributed by atoms with van der Waals surface area (Å²) >= 11 is 0. The van der Waals surface area contributed by atoms with Crippen molar-refractivity contribution in [2.75, 3.05) is 15.6 Å². The second kappa shape index (κ2) is 12.9. The lowest BCUT2D eigenvalue weighted by Gasteiger charge is -2.20. The van der Waals surface area contributed by atoms with Gasteiger partial charge in [0.05, 0.1) is 35.1 Å². The molecule has 210 valence electrons. The lowest BCUT2D eigenvalue weighted by atomic mass is 10.1. The molecule has 0 saturated heterocycles. The van der Waals surface area contributed by atoms with Crippen molar-refractivity contribution in [2.45, 2.75) is 33.9 Å². The third-order valence-corrected chi connectivity index (χ3v) is 5.50. The largest absolute Gasteiger partial charge is 0.416 e. The molecule has 0 atom stereocenters. The fourth-order valence-corrected chi connectivity index (χ4v) is 3.80. The van der Waals surface area contributed by atoms with Gasteiger partial charge in [0.25, 0.3) is 0 Å².